The fraction of sp³-hybridized carbons (Fsp3) is 0.909. The SMILES string of the molecule is CC(=O)N1CCCC(N(CCN(C)C(=O)NC2CCCCC2)C2CCOCC2)C1. The van der Waals surface area contributed by atoms with Crippen molar-refractivity contribution in [2.75, 3.05) is 46.4 Å². The molecule has 166 valence electrons. The average molecular weight is 409 g/mol. The zero-order chi connectivity index (χ0) is 20.6. The summed E-state index contributed by atoms with van der Waals surface area (Å²) in [7, 11) is 1.91. The summed E-state index contributed by atoms with van der Waals surface area (Å²) < 4.78 is 5.58. The summed E-state index contributed by atoms with van der Waals surface area (Å²) in [6.45, 7) is 6.54. The van der Waals surface area contributed by atoms with Gasteiger partial charge in [0.2, 0.25) is 5.91 Å². The summed E-state index contributed by atoms with van der Waals surface area (Å²) in [6.07, 6.45) is 10.2. The lowest BCUT2D eigenvalue weighted by Gasteiger charge is -2.44. The maximum Gasteiger partial charge on any atom is 0.317 e. The van der Waals surface area contributed by atoms with Crippen molar-refractivity contribution in [3.05, 3.63) is 0 Å². The number of urea groups is 1. The first-order valence-electron chi connectivity index (χ1n) is 11.6. The molecule has 1 unspecified atom stereocenters. The minimum atomic E-state index is 0.0536. The van der Waals surface area contributed by atoms with E-state index in [0.29, 0.717) is 24.7 Å². The van der Waals surface area contributed by atoms with Gasteiger partial charge in [-0.15, -0.1) is 0 Å². The van der Waals surface area contributed by atoms with E-state index in [4.69, 9.17) is 4.74 Å². The number of carbonyl (C=O) groups excluding carboxylic acids is 2. The van der Waals surface area contributed by atoms with Gasteiger partial charge in [-0.2, -0.15) is 0 Å². The number of nitrogens with zero attached hydrogens (tertiary/aromatic N) is 3. The molecule has 0 aromatic carbocycles. The summed E-state index contributed by atoms with van der Waals surface area (Å²) in [5.41, 5.74) is 0. The summed E-state index contributed by atoms with van der Waals surface area (Å²) in [5, 5.41) is 3.22. The fourth-order valence-corrected chi connectivity index (χ4v) is 5.09. The van der Waals surface area contributed by atoms with Crippen molar-refractivity contribution < 1.29 is 14.3 Å². The Hall–Kier alpha value is -1.34. The molecule has 2 aliphatic heterocycles. The van der Waals surface area contributed by atoms with Crippen LogP contribution in [0.5, 0.6) is 0 Å². The van der Waals surface area contributed by atoms with Crippen molar-refractivity contribution >= 4 is 11.9 Å². The zero-order valence-electron chi connectivity index (χ0n) is 18.4. The number of piperidine rings is 1. The second kappa shape index (κ2) is 11.2. The van der Waals surface area contributed by atoms with Crippen LogP contribution in [-0.4, -0.2) is 91.2 Å². The molecular formula is C22H40N4O3. The molecule has 2 saturated heterocycles. The minimum Gasteiger partial charge on any atom is -0.381 e. The zero-order valence-corrected chi connectivity index (χ0v) is 18.4. The van der Waals surface area contributed by atoms with Crippen molar-refractivity contribution in [3.63, 3.8) is 0 Å². The van der Waals surface area contributed by atoms with Crippen LogP contribution in [0.25, 0.3) is 0 Å². The molecule has 1 atom stereocenters. The Bertz CT molecular complexity index is 532. The van der Waals surface area contributed by atoms with E-state index >= 15 is 0 Å². The topological polar surface area (TPSA) is 65.1 Å². The Balaban J connectivity index is 1.55. The van der Waals surface area contributed by atoms with Crippen LogP contribution < -0.4 is 5.32 Å². The molecule has 7 heteroatoms. The van der Waals surface area contributed by atoms with Crippen molar-refractivity contribution in [3.8, 4) is 0 Å². The molecule has 29 heavy (non-hydrogen) atoms. The minimum absolute atomic E-state index is 0.0536. The second-order valence-corrected chi connectivity index (χ2v) is 9.05. The molecule has 3 amide bonds. The van der Waals surface area contributed by atoms with E-state index in [1.54, 1.807) is 6.92 Å². The van der Waals surface area contributed by atoms with Crippen LogP contribution in [0.4, 0.5) is 4.79 Å². The first kappa shape index (κ1) is 22.3. The van der Waals surface area contributed by atoms with Gasteiger partial charge in [0, 0.05) is 71.5 Å². The third kappa shape index (κ3) is 6.57. The number of likely N-dealkylation sites (N-methyl/N-ethyl adjacent to an activating group) is 1. The molecule has 0 radical (unpaired) electrons. The summed E-state index contributed by atoms with van der Waals surface area (Å²) in [6, 6.07) is 1.26. The highest BCUT2D eigenvalue weighted by molar-refractivity contribution is 5.74. The lowest BCUT2D eigenvalue weighted by molar-refractivity contribution is -0.131. The van der Waals surface area contributed by atoms with Crippen LogP contribution in [0.3, 0.4) is 0 Å². The van der Waals surface area contributed by atoms with E-state index in [2.05, 4.69) is 10.2 Å². The molecule has 0 aromatic rings. The molecule has 0 bridgehead atoms. The van der Waals surface area contributed by atoms with Gasteiger partial charge in [-0.3, -0.25) is 9.69 Å². The Kier molecular flexibility index (Phi) is 8.60. The van der Waals surface area contributed by atoms with Gasteiger partial charge in [-0.1, -0.05) is 19.3 Å². The van der Waals surface area contributed by atoms with Crippen LogP contribution in [0, 0.1) is 0 Å². The monoisotopic (exact) mass is 408 g/mol. The highest BCUT2D eigenvalue weighted by Gasteiger charge is 2.32. The van der Waals surface area contributed by atoms with Crippen LogP contribution in [0.15, 0.2) is 0 Å². The van der Waals surface area contributed by atoms with Crippen LogP contribution >= 0.6 is 0 Å². The predicted molar refractivity (Wildman–Crippen MR) is 114 cm³/mol. The van der Waals surface area contributed by atoms with Gasteiger partial charge in [0.25, 0.3) is 0 Å². The molecule has 1 aliphatic carbocycles. The highest BCUT2D eigenvalue weighted by Crippen LogP contribution is 2.23. The molecule has 0 aromatic heterocycles. The average Bonchev–Trinajstić information content (AvgIpc) is 2.75. The van der Waals surface area contributed by atoms with Crippen molar-refractivity contribution in [2.45, 2.75) is 82.8 Å². The third-order valence-electron chi connectivity index (χ3n) is 6.94. The van der Waals surface area contributed by atoms with Gasteiger partial charge < -0.3 is 19.9 Å². The number of amides is 3. The van der Waals surface area contributed by atoms with Gasteiger partial charge in [0.15, 0.2) is 0 Å². The molecule has 1 N–H and O–H groups in total. The fourth-order valence-electron chi connectivity index (χ4n) is 5.09. The molecule has 3 aliphatic rings. The molecular weight excluding hydrogens is 368 g/mol. The highest BCUT2D eigenvalue weighted by atomic mass is 16.5. The van der Waals surface area contributed by atoms with Gasteiger partial charge in [0.05, 0.1) is 0 Å². The van der Waals surface area contributed by atoms with Gasteiger partial charge in [0.1, 0.15) is 0 Å². The quantitative estimate of drug-likeness (QED) is 0.733. The molecule has 1 saturated carbocycles. The number of carbonyl (C=O) groups is 2. The third-order valence-corrected chi connectivity index (χ3v) is 6.94. The smallest absolute Gasteiger partial charge is 0.317 e. The van der Waals surface area contributed by atoms with Crippen LogP contribution in [0.2, 0.25) is 0 Å². The van der Waals surface area contributed by atoms with E-state index in [1.807, 2.05) is 16.8 Å². The second-order valence-electron chi connectivity index (χ2n) is 9.05. The van der Waals surface area contributed by atoms with Gasteiger partial charge in [-0.25, -0.2) is 4.79 Å². The van der Waals surface area contributed by atoms with Crippen molar-refractivity contribution in [1.29, 1.82) is 0 Å². The lowest BCUT2D eigenvalue weighted by atomic mass is 9.96. The number of hydrogen-bond donors (Lipinski definition) is 1. The normalized spacial score (nSPS) is 24.5. The van der Waals surface area contributed by atoms with E-state index in [1.165, 1.54) is 19.3 Å². The van der Waals surface area contributed by atoms with Crippen molar-refractivity contribution in [2.24, 2.45) is 0 Å². The molecule has 0 spiro atoms. The Morgan fingerprint density at radius 3 is 2.38 bits per heavy atom. The Labute approximate surface area is 176 Å². The van der Waals surface area contributed by atoms with E-state index in [0.717, 1.165) is 71.4 Å². The summed E-state index contributed by atoms with van der Waals surface area (Å²) >= 11 is 0. The summed E-state index contributed by atoms with van der Waals surface area (Å²) in [5.74, 6) is 0.172. The molecule has 2 heterocycles. The number of rotatable bonds is 6. The van der Waals surface area contributed by atoms with Gasteiger partial charge in [-0.05, 0) is 38.5 Å². The maximum atomic E-state index is 12.6. The predicted octanol–water partition coefficient (Wildman–Crippen LogP) is 2.45. The molecule has 3 fully saturated rings. The van der Waals surface area contributed by atoms with Crippen LogP contribution in [-0.2, 0) is 9.53 Å². The lowest BCUT2D eigenvalue weighted by Crippen LogP contribution is -2.56. The molecule has 3 rings (SSSR count). The number of hydrogen-bond acceptors (Lipinski definition) is 4. The maximum absolute atomic E-state index is 12.6. The Morgan fingerprint density at radius 2 is 1.69 bits per heavy atom. The number of likely N-dealkylation sites (tertiary alicyclic amines) is 1. The largest absolute Gasteiger partial charge is 0.381 e. The first-order valence-corrected chi connectivity index (χ1v) is 11.6. The van der Waals surface area contributed by atoms with E-state index in [-0.39, 0.29) is 11.9 Å². The Morgan fingerprint density at radius 1 is 0.966 bits per heavy atom. The number of ether oxygens (including phenoxy) is 1. The molecule has 7 nitrogen and oxygen atoms in total. The first-order chi connectivity index (χ1) is 14.0. The van der Waals surface area contributed by atoms with E-state index < -0.39 is 0 Å². The summed E-state index contributed by atoms with van der Waals surface area (Å²) in [4.78, 5) is 31.0. The van der Waals surface area contributed by atoms with Gasteiger partial charge >= 0.3 is 6.03 Å². The van der Waals surface area contributed by atoms with Crippen LogP contribution in [0.1, 0.15) is 64.7 Å². The van der Waals surface area contributed by atoms with E-state index in [9.17, 15) is 9.59 Å². The van der Waals surface area contributed by atoms with Crippen molar-refractivity contribution in [1.82, 2.24) is 20.0 Å². The number of nitrogens with one attached hydrogen (secondary N) is 1. The standard InChI is InChI=1S/C22H40N4O3/c1-18(27)25-12-6-9-21(17-25)26(20-10-15-29-16-11-20)14-13-24(2)22(28)23-19-7-4-3-5-8-19/h19-21H,3-17H2,1-2H3,(H,23,28).